The Morgan fingerprint density at radius 2 is 2.16 bits per heavy atom. The molecule has 1 aromatic rings. The number of halogens is 1. The maximum atomic E-state index is 11.9. The molecule has 3 rings (SSSR count). The predicted octanol–water partition coefficient (Wildman–Crippen LogP) is 2.55. The molecule has 1 fully saturated rings. The van der Waals surface area contributed by atoms with E-state index in [1.807, 2.05) is 6.07 Å². The number of nitrogens with one attached hydrogen (secondary N) is 2. The molecule has 1 amide bonds. The van der Waals surface area contributed by atoms with Gasteiger partial charge in [0.1, 0.15) is 0 Å². The summed E-state index contributed by atoms with van der Waals surface area (Å²) in [5, 5.41) is 6.37. The van der Waals surface area contributed by atoms with Crippen LogP contribution in [0.25, 0.3) is 0 Å². The van der Waals surface area contributed by atoms with Crippen LogP contribution in [0.15, 0.2) is 22.7 Å². The number of carbonyl (C=O) groups excluding carboxylic acids is 1. The minimum atomic E-state index is 0.110. The van der Waals surface area contributed by atoms with Gasteiger partial charge >= 0.3 is 0 Å². The SMILES string of the molecule is O=C(CNCC1CC1)NC1CCc2c(Br)cccc21. The van der Waals surface area contributed by atoms with E-state index >= 15 is 0 Å². The highest BCUT2D eigenvalue weighted by Gasteiger charge is 2.25. The van der Waals surface area contributed by atoms with E-state index in [0.717, 1.165) is 29.8 Å². The number of rotatable bonds is 5. The summed E-state index contributed by atoms with van der Waals surface area (Å²) in [6.45, 7) is 1.43. The lowest BCUT2D eigenvalue weighted by atomic mass is 10.1. The highest BCUT2D eigenvalue weighted by molar-refractivity contribution is 9.10. The first-order valence-electron chi connectivity index (χ1n) is 7.01. The third-order valence-electron chi connectivity index (χ3n) is 3.96. The van der Waals surface area contributed by atoms with Crippen LogP contribution in [0.4, 0.5) is 0 Å². The number of fused-ring (bicyclic) bond motifs is 1. The summed E-state index contributed by atoms with van der Waals surface area (Å²) < 4.78 is 1.16. The molecule has 3 nitrogen and oxygen atoms in total. The highest BCUT2D eigenvalue weighted by atomic mass is 79.9. The molecule has 1 atom stereocenters. The fraction of sp³-hybridized carbons (Fsp3) is 0.533. The van der Waals surface area contributed by atoms with Crippen molar-refractivity contribution < 1.29 is 4.79 Å². The smallest absolute Gasteiger partial charge is 0.234 e. The van der Waals surface area contributed by atoms with Crippen LogP contribution in [0.3, 0.4) is 0 Å². The van der Waals surface area contributed by atoms with Crippen molar-refractivity contribution in [3.05, 3.63) is 33.8 Å². The van der Waals surface area contributed by atoms with E-state index in [0.29, 0.717) is 6.54 Å². The standard InChI is InChI=1S/C15H19BrN2O/c16-13-3-1-2-12-11(13)6-7-14(12)18-15(19)9-17-8-10-4-5-10/h1-3,10,14,17H,4-9H2,(H,18,19). The molecule has 0 radical (unpaired) electrons. The second-order valence-corrected chi connectivity index (χ2v) is 6.40. The number of amides is 1. The molecule has 4 heteroatoms. The Kier molecular flexibility index (Phi) is 3.89. The molecule has 102 valence electrons. The summed E-state index contributed by atoms with van der Waals surface area (Å²) in [6.07, 6.45) is 4.68. The summed E-state index contributed by atoms with van der Waals surface area (Å²) in [4.78, 5) is 11.9. The van der Waals surface area contributed by atoms with Gasteiger partial charge in [-0.15, -0.1) is 0 Å². The monoisotopic (exact) mass is 322 g/mol. The molecule has 0 spiro atoms. The van der Waals surface area contributed by atoms with E-state index < -0.39 is 0 Å². The number of hydrogen-bond acceptors (Lipinski definition) is 2. The third-order valence-corrected chi connectivity index (χ3v) is 4.71. The number of benzene rings is 1. The highest BCUT2D eigenvalue weighted by Crippen LogP contribution is 2.35. The summed E-state index contributed by atoms with van der Waals surface area (Å²) in [5.41, 5.74) is 2.61. The van der Waals surface area contributed by atoms with Crippen molar-refractivity contribution >= 4 is 21.8 Å². The van der Waals surface area contributed by atoms with Crippen molar-refractivity contribution in [1.82, 2.24) is 10.6 Å². The Morgan fingerprint density at radius 1 is 1.32 bits per heavy atom. The van der Waals surface area contributed by atoms with E-state index in [9.17, 15) is 4.79 Å². The van der Waals surface area contributed by atoms with Crippen LogP contribution in [0.1, 0.15) is 36.4 Å². The van der Waals surface area contributed by atoms with Gasteiger partial charge in [-0.25, -0.2) is 0 Å². The molecule has 2 aliphatic carbocycles. The van der Waals surface area contributed by atoms with E-state index in [4.69, 9.17) is 0 Å². The van der Waals surface area contributed by atoms with E-state index in [-0.39, 0.29) is 11.9 Å². The van der Waals surface area contributed by atoms with Crippen molar-refractivity contribution in [2.45, 2.75) is 31.7 Å². The van der Waals surface area contributed by atoms with Crippen LogP contribution >= 0.6 is 15.9 Å². The predicted molar refractivity (Wildman–Crippen MR) is 78.9 cm³/mol. The Hall–Kier alpha value is -0.870. The van der Waals surface area contributed by atoms with Gasteiger partial charge in [0.15, 0.2) is 0 Å². The van der Waals surface area contributed by atoms with Crippen molar-refractivity contribution in [2.75, 3.05) is 13.1 Å². The van der Waals surface area contributed by atoms with Crippen LogP contribution in [-0.2, 0) is 11.2 Å². The van der Waals surface area contributed by atoms with E-state index in [1.165, 1.54) is 24.0 Å². The Labute approximate surface area is 122 Å². The number of hydrogen-bond donors (Lipinski definition) is 2. The van der Waals surface area contributed by atoms with Gasteiger partial charge < -0.3 is 10.6 Å². The lowest BCUT2D eigenvalue weighted by Gasteiger charge is -2.14. The lowest BCUT2D eigenvalue weighted by molar-refractivity contribution is -0.121. The average molecular weight is 323 g/mol. The normalized spacial score (nSPS) is 21.2. The maximum absolute atomic E-state index is 11.9. The van der Waals surface area contributed by atoms with Gasteiger partial charge in [0.25, 0.3) is 0 Å². The maximum Gasteiger partial charge on any atom is 0.234 e. The quantitative estimate of drug-likeness (QED) is 0.874. The number of carbonyl (C=O) groups is 1. The molecule has 0 aromatic heterocycles. The zero-order chi connectivity index (χ0) is 13.2. The first-order valence-corrected chi connectivity index (χ1v) is 7.80. The fourth-order valence-electron chi connectivity index (χ4n) is 2.72. The summed E-state index contributed by atoms with van der Waals surface area (Å²) in [6, 6.07) is 6.41. The van der Waals surface area contributed by atoms with Crippen molar-refractivity contribution in [3.8, 4) is 0 Å². The molecule has 2 N–H and O–H groups in total. The molecular formula is C15H19BrN2O. The molecule has 0 saturated heterocycles. The van der Waals surface area contributed by atoms with Crippen LogP contribution in [0.2, 0.25) is 0 Å². The minimum Gasteiger partial charge on any atom is -0.348 e. The first-order chi connectivity index (χ1) is 9.24. The first kappa shape index (κ1) is 13.1. The van der Waals surface area contributed by atoms with Gasteiger partial charge in [-0.2, -0.15) is 0 Å². The van der Waals surface area contributed by atoms with Crippen LogP contribution in [-0.4, -0.2) is 19.0 Å². The molecule has 1 saturated carbocycles. The van der Waals surface area contributed by atoms with E-state index in [2.05, 4.69) is 38.7 Å². The topological polar surface area (TPSA) is 41.1 Å². The van der Waals surface area contributed by atoms with Crippen molar-refractivity contribution in [3.63, 3.8) is 0 Å². The van der Waals surface area contributed by atoms with Crippen LogP contribution in [0, 0.1) is 5.92 Å². The Balaban J connectivity index is 1.53. The summed E-state index contributed by atoms with van der Waals surface area (Å²) in [7, 11) is 0. The van der Waals surface area contributed by atoms with Gasteiger partial charge in [0, 0.05) is 4.47 Å². The van der Waals surface area contributed by atoms with Gasteiger partial charge in [-0.3, -0.25) is 4.79 Å². The van der Waals surface area contributed by atoms with Gasteiger partial charge in [-0.1, -0.05) is 28.1 Å². The molecule has 1 unspecified atom stereocenters. The molecule has 19 heavy (non-hydrogen) atoms. The molecule has 0 heterocycles. The molecule has 0 bridgehead atoms. The Bertz CT molecular complexity index is 485. The van der Waals surface area contributed by atoms with E-state index in [1.54, 1.807) is 0 Å². The zero-order valence-corrected chi connectivity index (χ0v) is 12.5. The lowest BCUT2D eigenvalue weighted by Crippen LogP contribution is -2.36. The molecule has 1 aromatic carbocycles. The van der Waals surface area contributed by atoms with Crippen LogP contribution in [0.5, 0.6) is 0 Å². The molecule has 2 aliphatic rings. The van der Waals surface area contributed by atoms with Gasteiger partial charge in [0.05, 0.1) is 12.6 Å². The second kappa shape index (κ2) is 5.63. The van der Waals surface area contributed by atoms with Crippen LogP contribution < -0.4 is 10.6 Å². The van der Waals surface area contributed by atoms with Crippen molar-refractivity contribution in [2.24, 2.45) is 5.92 Å². The molecule has 0 aliphatic heterocycles. The Morgan fingerprint density at radius 3 is 2.95 bits per heavy atom. The second-order valence-electron chi connectivity index (χ2n) is 5.54. The zero-order valence-electron chi connectivity index (χ0n) is 10.9. The third kappa shape index (κ3) is 3.18. The van der Waals surface area contributed by atoms with Crippen molar-refractivity contribution in [1.29, 1.82) is 0 Å². The summed E-state index contributed by atoms with van der Waals surface area (Å²) in [5.74, 6) is 0.925. The average Bonchev–Trinajstić information content (AvgIpc) is 3.12. The largest absolute Gasteiger partial charge is 0.348 e. The molecular weight excluding hydrogens is 304 g/mol. The summed E-state index contributed by atoms with van der Waals surface area (Å²) >= 11 is 3.58. The fourth-order valence-corrected chi connectivity index (χ4v) is 3.30. The minimum absolute atomic E-state index is 0.110. The van der Waals surface area contributed by atoms with Gasteiger partial charge in [-0.05, 0) is 55.3 Å². The van der Waals surface area contributed by atoms with Gasteiger partial charge in [0.2, 0.25) is 5.91 Å².